The molecule has 0 atom stereocenters. The number of rotatable bonds is 4. The van der Waals surface area contributed by atoms with Gasteiger partial charge in [0.15, 0.2) is 5.65 Å². The molecule has 0 aliphatic rings. The Bertz CT molecular complexity index is 1010. The van der Waals surface area contributed by atoms with Crippen LogP contribution in [0.5, 0.6) is 11.5 Å². The second-order valence-corrected chi connectivity index (χ2v) is 5.59. The number of benzene rings is 2. The van der Waals surface area contributed by atoms with Crippen molar-refractivity contribution in [2.24, 2.45) is 0 Å². The molecule has 0 fully saturated rings. The van der Waals surface area contributed by atoms with Crippen molar-refractivity contribution in [1.82, 2.24) is 14.6 Å². The van der Waals surface area contributed by atoms with Gasteiger partial charge in [0.05, 0.1) is 25.6 Å². The average molecular weight is 331 g/mol. The minimum Gasteiger partial charge on any atom is -0.497 e. The lowest BCUT2D eigenvalue weighted by Crippen LogP contribution is -1.95. The van der Waals surface area contributed by atoms with Gasteiger partial charge in [-0.05, 0) is 54.6 Å². The molecule has 0 aliphatic carbocycles. The van der Waals surface area contributed by atoms with Crippen molar-refractivity contribution in [2.75, 3.05) is 14.2 Å². The zero-order chi connectivity index (χ0) is 17.2. The van der Waals surface area contributed by atoms with Crippen LogP contribution in [0.25, 0.3) is 28.2 Å². The lowest BCUT2D eigenvalue weighted by molar-refractivity contribution is 0.414. The van der Waals surface area contributed by atoms with E-state index < -0.39 is 0 Å². The van der Waals surface area contributed by atoms with E-state index in [1.54, 1.807) is 20.4 Å². The average Bonchev–Trinajstić information content (AvgIpc) is 3.12. The zero-order valence-corrected chi connectivity index (χ0v) is 14.0. The molecule has 0 bridgehead atoms. The summed E-state index contributed by atoms with van der Waals surface area (Å²) >= 11 is 0. The van der Waals surface area contributed by atoms with E-state index in [-0.39, 0.29) is 0 Å². The van der Waals surface area contributed by atoms with Crippen LogP contribution in [0.2, 0.25) is 0 Å². The first-order valence-corrected chi connectivity index (χ1v) is 7.92. The Balaban J connectivity index is 1.79. The van der Waals surface area contributed by atoms with E-state index in [1.807, 2.05) is 65.2 Å². The fourth-order valence-corrected chi connectivity index (χ4v) is 2.78. The van der Waals surface area contributed by atoms with Gasteiger partial charge in [-0.25, -0.2) is 9.50 Å². The van der Waals surface area contributed by atoms with Crippen molar-refractivity contribution >= 4 is 5.65 Å². The Morgan fingerprint density at radius 3 is 1.96 bits per heavy atom. The summed E-state index contributed by atoms with van der Waals surface area (Å²) in [4.78, 5) is 4.43. The van der Waals surface area contributed by atoms with Crippen LogP contribution < -0.4 is 9.47 Å². The van der Waals surface area contributed by atoms with Crippen molar-refractivity contribution in [1.29, 1.82) is 0 Å². The molecule has 0 saturated heterocycles. The van der Waals surface area contributed by atoms with Crippen LogP contribution in [0, 0.1) is 0 Å². The molecular weight excluding hydrogens is 314 g/mol. The van der Waals surface area contributed by atoms with Crippen molar-refractivity contribution in [3.05, 3.63) is 66.9 Å². The third-order valence-electron chi connectivity index (χ3n) is 4.13. The molecule has 4 aromatic rings. The van der Waals surface area contributed by atoms with Gasteiger partial charge in [-0.15, -0.1) is 0 Å². The summed E-state index contributed by atoms with van der Waals surface area (Å²) in [7, 11) is 3.32. The van der Waals surface area contributed by atoms with Crippen molar-refractivity contribution in [3.8, 4) is 34.0 Å². The fraction of sp³-hybridized carbons (Fsp3) is 0.100. The number of methoxy groups -OCH3 is 2. The molecule has 2 aromatic heterocycles. The maximum Gasteiger partial charge on any atom is 0.156 e. The highest BCUT2D eigenvalue weighted by Gasteiger charge is 2.10. The third-order valence-corrected chi connectivity index (χ3v) is 4.13. The highest BCUT2D eigenvalue weighted by atomic mass is 16.5. The molecule has 25 heavy (non-hydrogen) atoms. The van der Waals surface area contributed by atoms with Gasteiger partial charge >= 0.3 is 0 Å². The summed E-state index contributed by atoms with van der Waals surface area (Å²) in [5.74, 6) is 1.65. The SMILES string of the molecule is COc1ccc(-c2cc3nccc(-c4ccc(OC)cc4)n3n2)cc1. The molecular formula is C20H17N3O2. The van der Waals surface area contributed by atoms with E-state index in [9.17, 15) is 0 Å². The molecule has 0 N–H and O–H groups in total. The third kappa shape index (κ3) is 2.80. The lowest BCUT2D eigenvalue weighted by Gasteiger charge is -2.05. The van der Waals surface area contributed by atoms with Crippen LogP contribution >= 0.6 is 0 Å². The van der Waals surface area contributed by atoms with Gasteiger partial charge in [0.25, 0.3) is 0 Å². The first kappa shape index (κ1) is 15.2. The summed E-state index contributed by atoms with van der Waals surface area (Å²) < 4.78 is 12.3. The van der Waals surface area contributed by atoms with Gasteiger partial charge in [-0.1, -0.05) is 0 Å². The molecule has 124 valence electrons. The van der Waals surface area contributed by atoms with Crippen LogP contribution in [0.15, 0.2) is 66.9 Å². The Labute approximate surface area is 145 Å². The minimum absolute atomic E-state index is 0.805. The van der Waals surface area contributed by atoms with E-state index in [2.05, 4.69) is 4.98 Å². The number of aromatic nitrogens is 3. The molecule has 5 heteroatoms. The summed E-state index contributed by atoms with van der Waals surface area (Å²) in [5, 5.41) is 4.74. The van der Waals surface area contributed by atoms with Gasteiger partial charge in [0.1, 0.15) is 11.5 Å². The summed E-state index contributed by atoms with van der Waals surface area (Å²) in [6.07, 6.45) is 1.80. The van der Waals surface area contributed by atoms with Crippen molar-refractivity contribution in [3.63, 3.8) is 0 Å². The van der Waals surface area contributed by atoms with Crippen LogP contribution in [0.4, 0.5) is 0 Å². The van der Waals surface area contributed by atoms with E-state index in [0.717, 1.165) is 39.7 Å². The molecule has 0 radical (unpaired) electrons. The number of hydrogen-bond donors (Lipinski definition) is 0. The minimum atomic E-state index is 0.805. The summed E-state index contributed by atoms with van der Waals surface area (Å²) in [6.45, 7) is 0. The van der Waals surface area contributed by atoms with Crippen LogP contribution in [-0.2, 0) is 0 Å². The standard InChI is InChI=1S/C20H17N3O2/c1-24-16-7-3-14(4-8-16)18-13-20-21-12-11-19(23(20)22-18)15-5-9-17(25-2)10-6-15/h3-13H,1-2H3. The highest BCUT2D eigenvalue weighted by molar-refractivity contribution is 5.69. The summed E-state index contributed by atoms with van der Waals surface area (Å²) in [6, 6.07) is 19.7. The Kier molecular flexibility index (Phi) is 3.82. The normalized spacial score (nSPS) is 10.8. The maximum atomic E-state index is 5.23. The Morgan fingerprint density at radius 2 is 1.36 bits per heavy atom. The largest absolute Gasteiger partial charge is 0.497 e. The number of fused-ring (bicyclic) bond motifs is 1. The lowest BCUT2D eigenvalue weighted by atomic mass is 10.1. The van der Waals surface area contributed by atoms with E-state index in [0.29, 0.717) is 0 Å². The quantitative estimate of drug-likeness (QED) is 0.565. The predicted octanol–water partition coefficient (Wildman–Crippen LogP) is 4.08. The van der Waals surface area contributed by atoms with Crippen molar-refractivity contribution < 1.29 is 9.47 Å². The first-order valence-electron chi connectivity index (χ1n) is 7.92. The Hall–Kier alpha value is -3.34. The molecule has 0 unspecified atom stereocenters. The molecule has 0 saturated carbocycles. The highest BCUT2D eigenvalue weighted by Crippen LogP contribution is 2.26. The molecule has 2 aromatic carbocycles. The molecule has 0 spiro atoms. The van der Waals surface area contributed by atoms with Gasteiger partial charge in [0.2, 0.25) is 0 Å². The molecule has 5 nitrogen and oxygen atoms in total. The van der Waals surface area contributed by atoms with Crippen LogP contribution in [0.1, 0.15) is 0 Å². The second kappa shape index (κ2) is 6.28. The second-order valence-electron chi connectivity index (χ2n) is 5.59. The molecule has 0 aliphatic heterocycles. The van der Waals surface area contributed by atoms with E-state index >= 15 is 0 Å². The molecule has 0 amide bonds. The summed E-state index contributed by atoms with van der Waals surface area (Å²) in [5.41, 5.74) is 4.73. The Morgan fingerprint density at radius 1 is 0.760 bits per heavy atom. The van der Waals surface area contributed by atoms with E-state index in [4.69, 9.17) is 14.6 Å². The molecule has 2 heterocycles. The maximum absolute atomic E-state index is 5.23. The van der Waals surface area contributed by atoms with Gasteiger partial charge in [0, 0.05) is 23.4 Å². The smallest absolute Gasteiger partial charge is 0.156 e. The monoisotopic (exact) mass is 331 g/mol. The first-order chi connectivity index (χ1) is 12.3. The van der Waals surface area contributed by atoms with Crippen LogP contribution in [0.3, 0.4) is 0 Å². The molecule has 4 rings (SSSR count). The number of ether oxygens (including phenoxy) is 2. The van der Waals surface area contributed by atoms with Gasteiger partial charge in [-0.2, -0.15) is 5.10 Å². The number of hydrogen-bond acceptors (Lipinski definition) is 4. The topological polar surface area (TPSA) is 48.7 Å². The van der Waals surface area contributed by atoms with Gasteiger partial charge in [-0.3, -0.25) is 0 Å². The van der Waals surface area contributed by atoms with Crippen molar-refractivity contribution in [2.45, 2.75) is 0 Å². The van der Waals surface area contributed by atoms with Gasteiger partial charge < -0.3 is 9.47 Å². The van der Waals surface area contributed by atoms with Crippen LogP contribution in [-0.4, -0.2) is 28.8 Å². The zero-order valence-electron chi connectivity index (χ0n) is 14.0. The fourth-order valence-electron chi connectivity index (χ4n) is 2.78. The van der Waals surface area contributed by atoms with E-state index in [1.165, 1.54) is 0 Å². The number of nitrogens with zero attached hydrogens (tertiary/aromatic N) is 3. The predicted molar refractivity (Wildman–Crippen MR) is 97.0 cm³/mol.